The van der Waals surface area contributed by atoms with Crippen molar-refractivity contribution in [2.75, 3.05) is 5.73 Å². The molecule has 0 fully saturated rings. The van der Waals surface area contributed by atoms with Crippen LogP contribution in [0.15, 0.2) is 54.7 Å². The van der Waals surface area contributed by atoms with E-state index in [1.165, 1.54) is 12.1 Å². The summed E-state index contributed by atoms with van der Waals surface area (Å²) in [6.07, 6.45) is 1.65. The van der Waals surface area contributed by atoms with E-state index in [2.05, 4.69) is 20.5 Å². The van der Waals surface area contributed by atoms with Gasteiger partial charge in [0, 0.05) is 11.8 Å². The molecule has 0 aliphatic rings. The lowest BCUT2D eigenvalue weighted by atomic mass is 10.0. The largest absolute Gasteiger partial charge is 0.383 e. The summed E-state index contributed by atoms with van der Waals surface area (Å²) in [5, 5.41) is 11.3. The van der Waals surface area contributed by atoms with Gasteiger partial charge < -0.3 is 5.73 Å². The van der Waals surface area contributed by atoms with E-state index in [9.17, 15) is 8.78 Å². The van der Waals surface area contributed by atoms with Crippen LogP contribution in [0.25, 0.3) is 28.2 Å². The van der Waals surface area contributed by atoms with Gasteiger partial charge in [-0.1, -0.05) is 30.3 Å². The summed E-state index contributed by atoms with van der Waals surface area (Å²) < 4.78 is 28.9. The molecule has 4 aromatic rings. The lowest BCUT2D eigenvalue weighted by Crippen LogP contribution is -2.06. The van der Waals surface area contributed by atoms with Gasteiger partial charge in [0.1, 0.15) is 11.5 Å². The first-order chi connectivity index (χ1) is 13.1. The topological polar surface area (TPSA) is 82.5 Å². The number of tetrazole rings is 1. The van der Waals surface area contributed by atoms with Crippen LogP contribution >= 0.6 is 0 Å². The van der Waals surface area contributed by atoms with Crippen molar-refractivity contribution in [2.24, 2.45) is 0 Å². The van der Waals surface area contributed by atoms with Crippen LogP contribution in [0.3, 0.4) is 0 Å². The molecule has 8 heteroatoms. The van der Waals surface area contributed by atoms with E-state index >= 15 is 0 Å². The molecule has 0 unspecified atom stereocenters. The number of hydrogen-bond acceptors (Lipinski definition) is 5. The predicted octanol–water partition coefficient (Wildman–Crippen LogP) is 3.56. The number of pyridine rings is 1. The van der Waals surface area contributed by atoms with Crippen molar-refractivity contribution >= 4 is 5.82 Å². The summed E-state index contributed by atoms with van der Waals surface area (Å²) in [6, 6.07) is 13.4. The first-order valence-corrected chi connectivity index (χ1v) is 8.11. The number of rotatable bonds is 3. The molecule has 0 bridgehead atoms. The molecule has 2 heterocycles. The maximum Gasteiger partial charge on any atom is 0.190 e. The van der Waals surface area contributed by atoms with Gasteiger partial charge in [0.05, 0.1) is 5.56 Å². The number of anilines is 1. The Balaban J connectivity index is 1.89. The molecule has 0 saturated heterocycles. The van der Waals surface area contributed by atoms with Crippen molar-refractivity contribution in [1.29, 1.82) is 0 Å². The summed E-state index contributed by atoms with van der Waals surface area (Å²) in [5.41, 5.74) is 9.18. The van der Waals surface area contributed by atoms with Crippen LogP contribution in [0.1, 0.15) is 5.56 Å². The molecule has 0 radical (unpaired) electrons. The summed E-state index contributed by atoms with van der Waals surface area (Å²) in [4.78, 5) is 4.23. The predicted molar refractivity (Wildman–Crippen MR) is 96.9 cm³/mol. The molecule has 2 N–H and O–H groups in total. The average Bonchev–Trinajstić information content (AvgIpc) is 3.14. The molecule has 0 atom stereocenters. The zero-order valence-corrected chi connectivity index (χ0v) is 14.3. The van der Waals surface area contributed by atoms with Gasteiger partial charge in [-0.25, -0.2) is 13.8 Å². The molecular weight excluding hydrogens is 350 g/mol. The second-order valence-corrected chi connectivity index (χ2v) is 5.96. The molecule has 0 amide bonds. The molecule has 134 valence electrons. The molecule has 2 aromatic carbocycles. The van der Waals surface area contributed by atoms with Crippen molar-refractivity contribution in [3.8, 4) is 28.2 Å². The fraction of sp³-hybridized carbons (Fsp3) is 0.0526. The maximum absolute atomic E-state index is 14.2. The van der Waals surface area contributed by atoms with Gasteiger partial charge in [0.15, 0.2) is 17.5 Å². The average molecular weight is 364 g/mol. The van der Waals surface area contributed by atoms with Gasteiger partial charge in [0.2, 0.25) is 0 Å². The quantitative estimate of drug-likeness (QED) is 0.601. The zero-order valence-electron chi connectivity index (χ0n) is 14.3. The standard InChI is InChI=1S/C19H14F2N6/c1-11-5-2-3-6-13(11)12-9-14(18(22)23-10-12)19-24-25-26-27(19)16-8-4-7-15(20)17(16)21/h2-10H,1H3,(H2,22,23). The maximum atomic E-state index is 14.2. The van der Waals surface area contributed by atoms with Crippen molar-refractivity contribution in [1.82, 2.24) is 25.2 Å². The van der Waals surface area contributed by atoms with Crippen molar-refractivity contribution in [3.63, 3.8) is 0 Å². The summed E-state index contributed by atoms with van der Waals surface area (Å²) in [5.74, 6) is -1.69. The number of aryl methyl sites for hydroxylation is 1. The summed E-state index contributed by atoms with van der Waals surface area (Å²) in [7, 11) is 0. The van der Waals surface area contributed by atoms with Crippen LogP contribution in [-0.4, -0.2) is 25.2 Å². The molecule has 0 saturated carbocycles. The zero-order chi connectivity index (χ0) is 19.0. The number of halogens is 2. The van der Waals surface area contributed by atoms with Gasteiger partial charge >= 0.3 is 0 Å². The van der Waals surface area contributed by atoms with E-state index in [0.29, 0.717) is 5.56 Å². The van der Waals surface area contributed by atoms with E-state index in [-0.39, 0.29) is 17.3 Å². The molecular formula is C19H14F2N6. The van der Waals surface area contributed by atoms with Gasteiger partial charge in [-0.2, -0.15) is 4.68 Å². The van der Waals surface area contributed by atoms with Gasteiger partial charge in [-0.15, -0.1) is 5.10 Å². The molecule has 4 rings (SSSR count). The van der Waals surface area contributed by atoms with Crippen LogP contribution in [0.4, 0.5) is 14.6 Å². The lowest BCUT2D eigenvalue weighted by molar-refractivity contribution is 0.501. The van der Waals surface area contributed by atoms with Crippen molar-refractivity contribution < 1.29 is 8.78 Å². The van der Waals surface area contributed by atoms with E-state index in [1.807, 2.05) is 31.2 Å². The smallest absolute Gasteiger partial charge is 0.190 e. The summed E-state index contributed by atoms with van der Waals surface area (Å²) >= 11 is 0. The second-order valence-electron chi connectivity index (χ2n) is 5.96. The minimum absolute atomic E-state index is 0.115. The van der Waals surface area contributed by atoms with Crippen molar-refractivity contribution in [2.45, 2.75) is 6.92 Å². The fourth-order valence-electron chi connectivity index (χ4n) is 2.87. The summed E-state index contributed by atoms with van der Waals surface area (Å²) in [6.45, 7) is 1.98. The number of nitrogens with two attached hydrogens (primary N) is 1. The Morgan fingerprint density at radius 3 is 2.63 bits per heavy atom. The third-order valence-electron chi connectivity index (χ3n) is 4.24. The first kappa shape index (κ1) is 16.8. The SMILES string of the molecule is Cc1ccccc1-c1cnc(N)c(-c2nnnn2-c2cccc(F)c2F)c1. The molecule has 2 aromatic heterocycles. The number of hydrogen-bond donors (Lipinski definition) is 1. The monoisotopic (exact) mass is 364 g/mol. The van der Waals surface area contributed by atoms with Crippen LogP contribution in [0.5, 0.6) is 0 Å². The fourth-order valence-corrected chi connectivity index (χ4v) is 2.87. The Labute approximate surface area is 153 Å². The molecule has 27 heavy (non-hydrogen) atoms. The number of benzene rings is 2. The van der Waals surface area contributed by atoms with Crippen LogP contribution in [-0.2, 0) is 0 Å². The third kappa shape index (κ3) is 2.91. The van der Waals surface area contributed by atoms with Crippen LogP contribution in [0, 0.1) is 18.6 Å². The highest BCUT2D eigenvalue weighted by Crippen LogP contribution is 2.31. The van der Waals surface area contributed by atoms with E-state index in [4.69, 9.17) is 5.73 Å². The number of nitrogen functional groups attached to an aromatic ring is 1. The number of nitrogens with zero attached hydrogens (tertiary/aromatic N) is 5. The highest BCUT2D eigenvalue weighted by atomic mass is 19.2. The molecule has 0 aliphatic carbocycles. The van der Waals surface area contributed by atoms with E-state index < -0.39 is 11.6 Å². The normalized spacial score (nSPS) is 10.9. The Kier molecular flexibility index (Phi) is 4.08. The van der Waals surface area contributed by atoms with Gasteiger partial charge in [0.25, 0.3) is 0 Å². The Bertz CT molecular complexity index is 1140. The highest BCUT2D eigenvalue weighted by Gasteiger charge is 2.19. The highest BCUT2D eigenvalue weighted by molar-refractivity contribution is 5.77. The minimum atomic E-state index is -1.05. The molecule has 0 spiro atoms. The van der Waals surface area contributed by atoms with Crippen LogP contribution < -0.4 is 5.73 Å². The molecule has 0 aliphatic heterocycles. The van der Waals surface area contributed by atoms with Crippen molar-refractivity contribution in [3.05, 3.63) is 71.9 Å². The Hall–Kier alpha value is -3.68. The van der Waals surface area contributed by atoms with Gasteiger partial charge in [-0.3, -0.25) is 0 Å². The second kappa shape index (κ2) is 6.56. The van der Waals surface area contributed by atoms with E-state index in [1.54, 1.807) is 12.3 Å². The lowest BCUT2D eigenvalue weighted by Gasteiger charge is -2.11. The van der Waals surface area contributed by atoms with Crippen LogP contribution in [0.2, 0.25) is 0 Å². The van der Waals surface area contributed by atoms with Gasteiger partial charge in [-0.05, 0) is 46.7 Å². The molecule has 6 nitrogen and oxygen atoms in total. The Morgan fingerprint density at radius 2 is 1.81 bits per heavy atom. The third-order valence-corrected chi connectivity index (χ3v) is 4.24. The Morgan fingerprint density at radius 1 is 1.00 bits per heavy atom. The van der Waals surface area contributed by atoms with E-state index in [0.717, 1.165) is 27.4 Å². The first-order valence-electron chi connectivity index (χ1n) is 8.11. The minimum Gasteiger partial charge on any atom is -0.383 e. The number of aromatic nitrogens is 5.